The topological polar surface area (TPSA) is 68.4 Å². The highest BCUT2D eigenvalue weighted by Gasteiger charge is 2.22. The minimum atomic E-state index is -0.217. The van der Waals surface area contributed by atoms with Crippen molar-refractivity contribution in [2.75, 3.05) is 31.7 Å². The maximum atomic E-state index is 12.5. The van der Waals surface area contributed by atoms with Gasteiger partial charge in [-0.25, -0.2) is 4.79 Å². The van der Waals surface area contributed by atoms with E-state index in [0.717, 1.165) is 37.1 Å². The van der Waals surface area contributed by atoms with Crippen LogP contribution >= 0.6 is 23.4 Å². The Balaban J connectivity index is 1.71. The number of hydrogen-bond donors (Lipinski definition) is 2. The number of carbonyl (C=O) groups is 1. The molecule has 1 aromatic carbocycles. The molecule has 0 saturated heterocycles. The van der Waals surface area contributed by atoms with Gasteiger partial charge in [-0.2, -0.15) is 4.98 Å². The molecule has 1 amide bonds. The van der Waals surface area contributed by atoms with Crippen LogP contribution in [-0.2, 0) is 24.2 Å². The third kappa shape index (κ3) is 4.91. The zero-order valence-electron chi connectivity index (χ0n) is 15.5. The summed E-state index contributed by atoms with van der Waals surface area (Å²) >= 11 is 7.39. The van der Waals surface area contributed by atoms with Gasteiger partial charge in [0.2, 0.25) is 5.91 Å². The van der Waals surface area contributed by atoms with Gasteiger partial charge in [0.1, 0.15) is 5.03 Å². The van der Waals surface area contributed by atoms with Crippen molar-refractivity contribution >= 4 is 35.0 Å². The number of likely N-dealkylation sites (N-methyl/N-ethyl adjacent to an activating group) is 1. The van der Waals surface area contributed by atoms with Crippen molar-refractivity contribution in [3.63, 3.8) is 0 Å². The minimum Gasteiger partial charge on any atom is -0.338 e. The average molecular weight is 408 g/mol. The molecule has 1 aliphatic carbocycles. The first kappa shape index (κ1) is 19.9. The van der Waals surface area contributed by atoms with Crippen LogP contribution in [0.3, 0.4) is 0 Å². The summed E-state index contributed by atoms with van der Waals surface area (Å²) in [5, 5.41) is 3.99. The highest BCUT2D eigenvalue weighted by Crippen LogP contribution is 2.29. The van der Waals surface area contributed by atoms with Crippen LogP contribution in [0.25, 0.3) is 0 Å². The monoisotopic (exact) mass is 407 g/mol. The number of benzene rings is 1. The van der Waals surface area contributed by atoms with Crippen LogP contribution < -0.4 is 15.9 Å². The van der Waals surface area contributed by atoms with Crippen molar-refractivity contribution < 1.29 is 9.69 Å². The number of anilines is 1. The fourth-order valence-corrected chi connectivity index (χ4v) is 4.21. The molecule has 0 saturated carbocycles. The number of quaternary nitrogens is 1. The lowest BCUT2D eigenvalue weighted by atomic mass is 10.2. The second kappa shape index (κ2) is 8.91. The zero-order valence-corrected chi connectivity index (χ0v) is 17.1. The molecule has 27 heavy (non-hydrogen) atoms. The van der Waals surface area contributed by atoms with Gasteiger partial charge in [-0.15, -0.1) is 0 Å². The summed E-state index contributed by atoms with van der Waals surface area (Å²) in [4.78, 5) is 30.3. The molecule has 0 bridgehead atoms. The molecule has 1 aliphatic rings. The molecule has 0 radical (unpaired) electrons. The summed E-state index contributed by atoms with van der Waals surface area (Å²) in [5.74, 6) is 0.0257. The van der Waals surface area contributed by atoms with Crippen LogP contribution in [0.4, 0.5) is 5.69 Å². The van der Waals surface area contributed by atoms with E-state index in [1.165, 1.54) is 16.7 Å². The highest BCUT2D eigenvalue weighted by atomic mass is 35.5. The fourth-order valence-electron chi connectivity index (χ4n) is 3.15. The number of amides is 1. The van der Waals surface area contributed by atoms with Crippen LogP contribution in [0, 0.1) is 0 Å². The number of para-hydroxylation sites is 1. The van der Waals surface area contributed by atoms with Crippen LogP contribution in [-0.4, -0.2) is 41.9 Å². The molecular weight excluding hydrogens is 384 g/mol. The molecule has 2 aromatic rings. The Morgan fingerprint density at radius 1 is 1.33 bits per heavy atom. The van der Waals surface area contributed by atoms with Gasteiger partial charge in [0, 0.05) is 11.3 Å². The number of rotatable bonds is 7. The highest BCUT2D eigenvalue weighted by molar-refractivity contribution is 8.00. The van der Waals surface area contributed by atoms with Gasteiger partial charge in [-0.1, -0.05) is 35.5 Å². The van der Waals surface area contributed by atoms with Crippen molar-refractivity contribution in [2.24, 2.45) is 0 Å². The summed E-state index contributed by atoms with van der Waals surface area (Å²) in [5.41, 5.74) is 2.58. The Kier molecular flexibility index (Phi) is 6.57. The number of thioether (sulfide) groups is 1. The van der Waals surface area contributed by atoms with Crippen molar-refractivity contribution in [1.29, 1.82) is 0 Å². The molecule has 6 nitrogen and oxygen atoms in total. The van der Waals surface area contributed by atoms with Gasteiger partial charge < -0.3 is 10.2 Å². The van der Waals surface area contributed by atoms with Gasteiger partial charge in [0.15, 0.2) is 0 Å². The quantitative estimate of drug-likeness (QED) is 0.535. The SMILES string of the molecule is C[NH+](C)CCn1c2c(c(SCC(=O)Nc3ccccc3Cl)nc1=O)CCC2. The Hall–Kier alpha value is -1.83. The predicted molar refractivity (Wildman–Crippen MR) is 109 cm³/mol. The third-order valence-electron chi connectivity index (χ3n) is 4.52. The van der Waals surface area contributed by atoms with E-state index in [4.69, 9.17) is 11.6 Å². The molecule has 3 rings (SSSR count). The lowest BCUT2D eigenvalue weighted by molar-refractivity contribution is -0.859. The van der Waals surface area contributed by atoms with E-state index in [1.54, 1.807) is 12.1 Å². The smallest absolute Gasteiger partial charge is 0.338 e. The molecule has 0 unspecified atom stereocenters. The van der Waals surface area contributed by atoms with Gasteiger partial charge >= 0.3 is 5.69 Å². The normalized spacial score (nSPS) is 13.0. The van der Waals surface area contributed by atoms with Crippen LogP contribution in [0.15, 0.2) is 34.1 Å². The first-order valence-electron chi connectivity index (χ1n) is 9.04. The number of halogens is 1. The molecule has 2 N–H and O–H groups in total. The van der Waals surface area contributed by atoms with Crippen molar-refractivity contribution in [2.45, 2.75) is 30.8 Å². The predicted octanol–water partition coefficient (Wildman–Crippen LogP) is 1.26. The fraction of sp³-hybridized carbons (Fsp3) is 0.421. The molecule has 0 atom stereocenters. The molecule has 144 valence electrons. The number of aromatic nitrogens is 2. The van der Waals surface area contributed by atoms with Crippen LogP contribution in [0.5, 0.6) is 0 Å². The molecular formula is C19H24ClN4O2S+. The Morgan fingerprint density at radius 2 is 2.11 bits per heavy atom. The van der Waals surface area contributed by atoms with Gasteiger partial charge in [-0.3, -0.25) is 9.36 Å². The second-order valence-corrected chi connectivity index (χ2v) is 8.28. The number of carbonyl (C=O) groups excluding carboxylic acids is 1. The third-order valence-corrected chi connectivity index (χ3v) is 5.87. The summed E-state index contributed by atoms with van der Waals surface area (Å²) in [6.45, 7) is 1.55. The van der Waals surface area contributed by atoms with Crippen molar-refractivity contribution in [1.82, 2.24) is 9.55 Å². The molecule has 0 spiro atoms. The Bertz CT molecular complexity index is 898. The molecule has 1 heterocycles. The molecule has 0 aliphatic heterocycles. The van der Waals surface area contributed by atoms with Crippen molar-refractivity contribution in [3.8, 4) is 0 Å². The number of hydrogen-bond acceptors (Lipinski definition) is 4. The second-order valence-electron chi connectivity index (χ2n) is 6.90. The number of nitrogens with zero attached hydrogens (tertiary/aromatic N) is 2. The van der Waals surface area contributed by atoms with Gasteiger partial charge in [0.05, 0.1) is 43.6 Å². The van der Waals surface area contributed by atoms with E-state index in [2.05, 4.69) is 24.4 Å². The summed E-state index contributed by atoms with van der Waals surface area (Å²) < 4.78 is 1.81. The summed E-state index contributed by atoms with van der Waals surface area (Å²) in [6.07, 6.45) is 2.83. The minimum absolute atomic E-state index is 0.165. The van der Waals surface area contributed by atoms with Gasteiger partial charge in [-0.05, 0) is 31.4 Å². The standard InChI is InChI=1S/C19H23ClN4O2S/c1-23(2)10-11-24-16-9-5-6-13(16)18(22-19(24)26)27-12-17(25)21-15-8-4-3-7-14(15)20/h3-4,7-8H,5-6,9-12H2,1-2H3,(H,21,25)/p+1. The average Bonchev–Trinajstić information content (AvgIpc) is 3.10. The van der Waals surface area contributed by atoms with E-state index in [1.807, 2.05) is 16.7 Å². The van der Waals surface area contributed by atoms with Gasteiger partial charge in [0.25, 0.3) is 0 Å². The van der Waals surface area contributed by atoms with Crippen molar-refractivity contribution in [3.05, 3.63) is 51.0 Å². The molecule has 0 fully saturated rings. The van der Waals surface area contributed by atoms with E-state index < -0.39 is 0 Å². The lowest BCUT2D eigenvalue weighted by Crippen LogP contribution is -3.06. The van der Waals surface area contributed by atoms with E-state index in [0.29, 0.717) is 22.3 Å². The number of nitrogens with one attached hydrogen (secondary N) is 2. The summed E-state index contributed by atoms with van der Waals surface area (Å²) in [6, 6.07) is 7.12. The lowest BCUT2D eigenvalue weighted by Gasteiger charge is -2.15. The first-order valence-corrected chi connectivity index (χ1v) is 10.4. The zero-order chi connectivity index (χ0) is 19.4. The Morgan fingerprint density at radius 3 is 2.85 bits per heavy atom. The largest absolute Gasteiger partial charge is 0.349 e. The summed E-state index contributed by atoms with van der Waals surface area (Å²) in [7, 11) is 4.14. The first-order chi connectivity index (χ1) is 13.0. The van der Waals surface area contributed by atoms with E-state index >= 15 is 0 Å². The van der Waals surface area contributed by atoms with E-state index in [-0.39, 0.29) is 17.3 Å². The molecule has 8 heteroatoms. The van der Waals surface area contributed by atoms with Crippen LogP contribution in [0.1, 0.15) is 17.7 Å². The van der Waals surface area contributed by atoms with Crippen LogP contribution in [0.2, 0.25) is 5.02 Å². The number of fused-ring (bicyclic) bond motifs is 1. The Labute approximate surface area is 167 Å². The maximum absolute atomic E-state index is 12.5. The molecule has 1 aromatic heterocycles. The maximum Gasteiger partial charge on any atom is 0.349 e. The van der Waals surface area contributed by atoms with E-state index in [9.17, 15) is 9.59 Å².